The quantitative estimate of drug-likeness (QED) is 0.494. The minimum atomic E-state index is -1.22. The van der Waals surface area contributed by atoms with Gasteiger partial charge in [0.15, 0.2) is 0 Å². The minimum Gasteiger partial charge on any atom is -0.480 e. The van der Waals surface area contributed by atoms with Crippen molar-refractivity contribution in [1.29, 1.82) is 0 Å². The lowest BCUT2D eigenvalue weighted by molar-refractivity contribution is -0.141. The lowest BCUT2D eigenvalue weighted by Gasteiger charge is -2.11. The normalized spacial score (nSPS) is 16.6. The number of hydrogen-bond acceptors (Lipinski definition) is 3. The van der Waals surface area contributed by atoms with Gasteiger partial charge in [0.05, 0.1) is 6.10 Å². The summed E-state index contributed by atoms with van der Waals surface area (Å²) < 4.78 is 9.84. The van der Waals surface area contributed by atoms with Crippen LogP contribution in [-0.4, -0.2) is 28.3 Å². The number of carbonyl (C=O) groups is 1. The van der Waals surface area contributed by atoms with Crippen molar-refractivity contribution in [2.75, 3.05) is 0 Å². The first-order chi connectivity index (χ1) is 4.59. The molecule has 0 saturated heterocycles. The summed E-state index contributed by atoms with van der Waals surface area (Å²) in [6.45, 7) is 1.30. The van der Waals surface area contributed by atoms with Gasteiger partial charge in [-0.05, 0) is 6.92 Å². The van der Waals surface area contributed by atoms with Crippen molar-refractivity contribution in [3.8, 4) is 0 Å². The third-order valence-corrected chi connectivity index (χ3v) is 1.32. The molecule has 0 aromatic heterocycles. The predicted octanol–water partition coefficient (Wildman–Crippen LogP) is -0.383. The van der Waals surface area contributed by atoms with E-state index in [0.29, 0.717) is 0 Å². The second-order valence-electron chi connectivity index (χ2n) is 1.78. The molecule has 0 aliphatic heterocycles. The molecule has 0 heterocycles. The lowest BCUT2D eigenvalue weighted by Crippen LogP contribution is -2.40. The number of nitrogens with one attached hydrogen (secondary N) is 1. The molecule has 0 aliphatic rings. The van der Waals surface area contributed by atoms with Crippen LogP contribution >= 0.6 is 8.61 Å². The number of hydrogen-bond donors (Lipinski definition) is 3. The zero-order valence-corrected chi connectivity index (χ0v) is 6.21. The van der Waals surface area contributed by atoms with Crippen molar-refractivity contribution in [3.05, 3.63) is 0 Å². The zero-order valence-electron chi connectivity index (χ0n) is 5.31. The Bertz CT molecular complexity index is 137. The molecule has 0 saturated carbocycles. The smallest absolute Gasteiger partial charge is 0.324 e. The summed E-state index contributed by atoms with van der Waals surface area (Å²) in [5.74, 6) is -1.22. The Morgan fingerprint density at radius 2 is 2.20 bits per heavy atom. The molecule has 0 radical (unpaired) electrons. The number of aliphatic carboxylic acids is 1. The summed E-state index contributed by atoms with van der Waals surface area (Å²) in [6, 6.07) is -1.17. The number of carboxylic acids is 1. The average molecular weight is 165 g/mol. The molecule has 6 heteroatoms. The summed E-state index contributed by atoms with van der Waals surface area (Å²) in [7, 11) is -0.496. The van der Waals surface area contributed by atoms with E-state index in [1.165, 1.54) is 6.92 Å². The highest BCUT2D eigenvalue weighted by atomic mass is 31.1. The summed E-state index contributed by atoms with van der Waals surface area (Å²) in [4.78, 5) is 10.2. The van der Waals surface area contributed by atoms with E-state index in [1.54, 1.807) is 0 Å². The molecule has 2 unspecified atom stereocenters. The van der Waals surface area contributed by atoms with E-state index in [2.05, 4.69) is 0 Å². The Morgan fingerprint density at radius 1 is 1.70 bits per heavy atom. The van der Waals surface area contributed by atoms with E-state index in [-0.39, 0.29) is 0 Å². The van der Waals surface area contributed by atoms with Crippen LogP contribution in [0, 0.1) is 0 Å². The maximum absolute atomic E-state index is 10.2. The van der Waals surface area contributed by atoms with E-state index < -0.39 is 26.7 Å². The SMILES string of the molecule is CC(O)C(NP=O)C(=O)O. The van der Waals surface area contributed by atoms with Gasteiger partial charge in [-0.3, -0.25) is 9.36 Å². The van der Waals surface area contributed by atoms with Crippen LogP contribution in [0.25, 0.3) is 0 Å². The summed E-state index contributed by atoms with van der Waals surface area (Å²) >= 11 is 0. The largest absolute Gasteiger partial charge is 0.480 e. The third-order valence-electron chi connectivity index (χ3n) is 0.940. The fourth-order valence-electron chi connectivity index (χ4n) is 0.426. The predicted molar refractivity (Wildman–Crippen MR) is 33.8 cm³/mol. The van der Waals surface area contributed by atoms with Gasteiger partial charge in [-0.25, -0.2) is 5.09 Å². The second kappa shape index (κ2) is 4.33. The van der Waals surface area contributed by atoms with Gasteiger partial charge in [0, 0.05) is 0 Å². The van der Waals surface area contributed by atoms with Gasteiger partial charge in [-0.2, -0.15) is 0 Å². The van der Waals surface area contributed by atoms with Crippen molar-refractivity contribution in [2.45, 2.75) is 19.1 Å². The fraction of sp³-hybridized carbons (Fsp3) is 0.750. The van der Waals surface area contributed by atoms with Crippen LogP contribution in [0.4, 0.5) is 0 Å². The van der Waals surface area contributed by atoms with E-state index in [4.69, 9.17) is 10.2 Å². The monoisotopic (exact) mass is 165 g/mol. The van der Waals surface area contributed by atoms with Crippen molar-refractivity contribution >= 4 is 14.6 Å². The molecule has 2 atom stereocenters. The molecule has 0 amide bonds. The standard InChI is InChI=1S/C4H8NO4P/c1-2(6)3(4(7)8)5-10-9/h2-3,6H,1H3,(H,5,9)(H,7,8). The molecule has 3 N–H and O–H groups in total. The van der Waals surface area contributed by atoms with Crippen molar-refractivity contribution in [1.82, 2.24) is 5.09 Å². The molecule has 0 aromatic carbocycles. The molecule has 0 fully saturated rings. The van der Waals surface area contributed by atoms with Gasteiger partial charge in [-0.1, -0.05) is 0 Å². The van der Waals surface area contributed by atoms with Gasteiger partial charge in [-0.15, -0.1) is 0 Å². The topological polar surface area (TPSA) is 86.6 Å². The van der Waals surface area contributed by atoms with Gasteiger partial charge < -0.3 is 10.2 Å². The number of rotatable bonds is 4. The molecular weight excluding hydrogens is 157 g/mol. The molecule has 10 heavy (non-hydrogen) atoms. The molecular formula is C4H8NO4P. The number of aliphatic hydroxyl groups is 1. The van der Waals surface area contributed by atoms with Crippen LogP contribution in [0.1, 0.15) is 6.92 Å². The Morgan fingerprint density at radius 3 is 2.30 bits per heavy atom. The Labute approximate surface area is 59.3 Å². The summed E-state index contributed by atoms with van der Waals surface area (Å²) in [5.41, 5.74) is 0. The van der Waals surface area contributed by atoms with Crippen LogP contribution in [0.5, 0.6) is 0 Å². The number of carboxylic acid groups (broad SMARTS) is 1. The maximum atomic E-state index is 10.2. The van der Waals surface area contributed by atoms with E-state index in [9.17, 15) is 9.36 Å². The van der Waals surface area contributed by atoms with Crippen LogP contribution < -0.4 is 5.09 Å². The minimum absolute atomic E-state index is 0.496. The summed E-state index contributed by atoms with van der Waals surface area (Å²) in [5, 5.41) is 19.1. The average Bonchev–Trinajstić information content (AvgIpc) is 1.81. The first kappa shape index (κ1) is 9.49. The Kier molecular flexibility index (Phi) is 4.11. The highest BCUT2D eigenvalue weighted by Gasteiger charge is 2.21. The molecule has 0 spiro atoms. The molecule has 0 rings (SSSR count). The molecule has 0 bridgehead atoms. The van der Waals surface area contributed by atoms with Crippen molar-refractivity contribution < 1.29 is 19.6 Å². The van der Waals surface area contributed by atoms with Crippen molar-refractivity contribution in [2.24, 2.45) is 0 Å². The zero-order chi connectivity index (χ0) is 8.15. The second-order valence-corrected chi connectivity index (χ2v) is 2.22. The van der Waals surface area contributed by atoms with Crippen molar-refractivity contribution in [3.63, 3.8) is 0 Å². The fourth-order valence-corrected chi connectivity index (χ4v) is 0.866. The first-order valence-corrected chi connectivity index (χ1v) is 3.39. The van der Waals surface area contributed by atoms with Gasteiger partial charge in [0.1, 0.15) is 6.04 Å². The summed E-state index contributed by atoms with van der Waals surface area (Å²) in [6.07, 6.45) is -1.06. The van der Waals surface area contributed by atoms with Crippen LogP contribution in [-0.2, 0) is 9.36 Å². The van der Waals surface area contributed by atoms with Crippen LogP contribution in [0.15, 0.2) is 0 Å². The highest BCUT2D eigenvalue weighted by molar-refractivity contribution is 7.21. The van der Waals surface area contributed by atoms with E-state index in [1.807, 2.05) is 5.09 Å². The first-order valence-electron chi connectivity index (χ1n) is 2.58. The molecule has 0 aliphatic carbocycles. The Balaban J connectivity index is 3.97. The van der Waals surface area contributed by atoms with E-state index >= 15 is 0 Å². The molecule has 5 nitrogen and oxygen atoms in total. The van der Waals surface area contributed by atoms with Gasteiger partial charge in [0.2, 0.25) is 8.61 Å². The lowest BCUT2D eigenvalue weighted by atomic mass is 10.2. The van der Waals surface area contributed by atoms with Crippen LogP contribution in [0.2, 0.25) is 0 Å². The molecule has 0 aromatic rings. The number of aliphatic hydroxyl groups excluding tert-OH is 1. The van der Waals surface area contributed by atoms with Gasteiger partial charge in [0.25, 0.3) is 0 Å². The third kappa shape index (κ3) is 2.87. The van der Waals surface area contributed by atoms with Crippen LogP contribution in [0.3, 0.4) is 0 Å². The van der Waals surface area contributed by atoms with E-state index in [0.717, 1.165) is 0 Å². The van der Waals surface area contributed by atoms with Gasteiger partial charge >= 0.3 is 5.97 Å². The molecule has 58 valence electrons. The highest BCUT2D eigenvalue weighted by Crippen LogP contribution is 1.96. The maximum Gasteiger partial charge on any atom is 0.324 e. The Hall–Kier alpha value is -0.510.